The summed E-state index contributed by atoms with van der Waals surface area (Å²) in [5, 5.41) is 3.19. The highest BCUT2D eigenvalue weighted by Crippen LogP contribution is 2.18. The molecule has 0 aliphatic heterocycles. The van der Waals surface area contributed by atoms with E-state index in [4.69, 9.17) is 4.74 Å². The summed E-state index contributed by atoms with van der Waals surface area (Å²) in [6, 6.07) is 0.587. The average Bonchev–Trinajstić information content (AvgIpc) is 2.88. The van der Waals surface area contributed by atoms with Crippen LogP contribution in [0.15, 0.2) is 0 Å². The van der Waals surface area contributed by atoms with Gasteiger partial charge in [0.15, 0.2) is 9.84 Å². The Morgan fingerprint density at radius 1 is 1.36 bits per heavy atom. The van der Waals surface area contributed by atoms with Crippen LogP contribution in [0.4, 0.5) is 0 Å². The molecule has 0 amide bonds. The normalized spacial score (nSPS) is 17.2. The van der Waals surface area contributed by atoms with Crippen molar-refractivity contribution in [1.82, 2.24) is 5.32 Å². The molecule has 0 aromatic heterocycles. The number of methoxy groups -OCH3 is 1. The second-order valence-electron chi connectivity index (χ2n) is 3.73. The Hall–Kier alpha value is -0.130. The monoisotopic (exact) mass is 221 g/mol. The van der Waals surface area contributed by atoms with Gasteiger partial charge in [-0.3, -0.25) is 0 Å². The van der Waals surface area contributed by atoms with Crippen molar-refractivity contribution < 1.29 is 13.2 Å². The first-order valence-corrected chi connectivity index (χ1v) is 6.89. The lowest BCUT2D eigenvalue weighted by molar-refractivity contribution is 0.199. The van der Waals surface area contributed by atoms with Crippen LogP contribution in [-0.2, 0) is 14.6 Å². The van der Waals surface area contributed by atoms with E-state index in [1.54, 1.807) is 7.11 Å². The van der Waals surface area contributed by atoms with Gasteiger partial charge >= 0.3 is 0 Å². The van der Waals surface area contributed by atoms with Crippen molar-refractivity contribution >= 4 is 9.84 Å². The third-order valence-corrected chi connectivity index (χ3v) is 3.96. The van der Waals surface area contributed by atoms with Crippen molar-refractivity contribution in [2.24, 2.45) is 0 Å². The van der Waals surface area contributed by atoms with E-state index in [1.165, 1.54) is 12.8 Å². The molecular weight excluding hydrogens is 202 g/mol. The van der Waals surface area contributed by atoms with Crippen molar-refractivity contribution in [3.8, 4) is 0 Å². The highest BCUT2D eigenvalue weighted by atomic mass is 32.2. The van der Waals surface area contributed by atoms with E-state index in [9.17, 15) is 8.42 Å². The number of sulfone groups is 1. The average molecular weight is 221 g/mol. The van der Waals surface area contributed by atoms with Gasteiger partial charge in [0.05, 0.1) is 11.5 Å². The summed E-state index contributed by atoms with van der Waals surface area (Å²) in [6.45, 7) is 1.12. The first-order chi connectivity index (χ1) is 6.64. The highest BCUT2D eigenvalue weighted by Gasteiger charge is 2.20. The predicted octanol–water partition coefficient (Wildman–Crippen LogP) is 0.190. The molecule has 0 radical (unpaired) electrons. The van der Waals surface area contributed by atoms with E-state index in [0.29, 0.717) is 25.6 Å². The molecule has 0 atom stereocenters. The molecule has 1 rings (SSSR count). The van der Waals surface area contributed by atoms with Gasteiger partial charge in [0.25, 0.3) is 0 Å². The van der Waals surface area contributed by atoms with Crippen LogP contribution >= 0.6 is 0 Å². The highest BCUT2D eigenvalue weighted by molar-refractivity contribution is 7.91. The quantitative estimate of drug-likeness (QED) is 0.594. The minimum absolute atomic E-state index is 0.243. The van der Waals surface area contributed by atoms with Gasteiger partial charge in [-0.05, 0) is 19.3 Å². The van der Waals surface area contributed by atoms with Crippen molar-refractivity contribution in [3.63, 3.8) is 0 Å². The Morgan fingerprint density at radius 2 is 2.07 bits per heavy atom. The van der Waals surface area contributed by atoms with Crippen LogP contribution in [0.3, 0.4) is 0 Å². The lowest BCUT2D eigenvalue weighted by Crippen LogP contribution is -2.26. The molecule has 0 heterocycles. The zero-order chi connectivity index (χ0) is 10.4. The third kappa shape index (κ3) is 5.57. The maximum absolute atomic E-state index is 11.4. The Bertz CT molecular complexity index is 247. The molecule has 0 aromatic rings. The Balaban J connectivity index is 2.06. The molecule has 0 unspecified atom stereocenters. The molecule has 1 fully saturated rings. The predicted molar refractivity (Wildman–Crippen MR) is 56.2 cm³/mol. The molecule has 4 nitrogen and oxygen atoms in total. The zero-order valence-corrected chi connectivity index (χ0v) is 9.48. The summed E-state index contributed by atoms with van der Waals surface area (Å²) in [5.74, 6) is 0.500. The van der Waals surface area contributed by atoms with Gasteiger partial charge in [0, 0.05) is 26.3 Å². The third-order valence-electron chi connectivity index (χ3n) is 2.23. The Morgan fingerprint density at radius 3 is 2.64 bits per heavy atom. The van der Waals surface area contributed by atoms with Crippen molar-refractivity contribution in [1.29, 1.82) is 0 Å². The molecule has 1 N–H and O–H groups in total. The molecule has 14 heavy (non-hydrogen) atoms. The second-order valence-corrected chi connectivity index (χ2v) is 6.03. The molecule has 1 aliphatic carbocycles. The fraction of sp³-hybridized carbons (Fsp3) is 1.00. The Labute approximate surface area is 85.9 Å². The fourth-order valence-corrected chi connectivity index (χ4v) is 2.42. The van der Waals surface area contributed by atoms with Crippen LogP contribution in [0, 0.1) is 0 Å². The smallest absolute Gasteiger partial charge is 0.151 e. The Kier molecular flexibility index (Phi) is 4.84. The van der Waals surface area contributed by atoms with Gasteiger partial charge in [-0.2, -0.15) is 0 Å². The lowest BCUT2D eigenvalue weighted by Gasteiger charge is -2.04. The van der Waals surface area contributed by atoms with Gasteiger partial charge in [0.2, 0.25) is 0 Å². The first kappa shape index (κ1) is 11.9. The number of hydrogen-bond donors (Lipinski definition) is 1. The molecule has 5 heteroatoms. The molecule has 84 valence electrons. The lowest BCUT2D eigenvalue weighted by atomic mass is 10.5. The van der Waals surface area contributed by atoms with Crippen LogP contribution in [0.5, 0.6) is 0 Å². The van der Waals surface area contributed by atoms with E-state index >= 15 is 0 Å². The minimum atomic E-state index is -2.86. The summed E-state index contributed by atoms with van der Waals surface area (Å²) >= 11 is 0. The molecule has 0 saturated heterocycles. The largest absolute Gasteiger partial charge is 0.385 e. The van der Waals surface area contributed by atoms with Crippen LogP contribution in [-0.4, -0.2) is 46.2 Å². The minimum Gasteiger partial charge on any atom is -0.385 e. The van der Waals surface area contributed by atoms with E-state index in [0.717, 1.165) is 0 Å². The number of nitrogens with one attached hydrogen (secondary N) is 1. The van der Waals surface area contributed by atoms with Gasteiger partial charge in [-0.15, -0.1) is 0 Å². The van der Waals surface area contributed by atoms with Crippen molar-refractivity contribution in [2.75, 3.05) is 31.8 Å². The fourth-order valence-electron chi connectivity index (χ4n) is 1.23. The maximum atomic E-state index is 11.4. The van der Waals surface area contributed by atoms with Gasteiger partial charge in [0.1, 0.15) is 0 Å². The van der Waals surface area contributed by atoms with Crippen LogP contribution in [0.25, 0.3) is 0 Å². The van der Waals surface area contributed by atoms with Gasteiger partial charge in [-0.25, -0.2) is 8.42 Å². The van der Waals surface area contributed by atoms with Crippen LogP contribution < -0.4 is 5.32 Å². The standard InChI is InChI=1S/C9H19NO3S/c1-13-6-2-7-14(11,12)8-5-10-9-3-4-9/h9-10H,2-8H2,1H3. The summed E-state index contributed by atoms with van der Waals surface area (Å²) < 4.78 is 27.6. The summed E-state index contributed by atoms with van der Waals surface area (Å²) in [7, 11) is -1.28. The summed E-state index contributed by atoms with van der Waals surface area (Å²) in [6.07, 6.45) is 3.00. The molecular formula is C9H19NO3S. The summed E-state index contributed by atoms with van der Waals surface area (Å²) in [5.41, 5.74) is 0. The van der Waals surface area contributed by atoms with Crippen LogP contribution in [0.1, 0.15) is 19.3 Å². The second kappa shape index (κ2) is 5.68. The molecule has 0 spiro atoms. The number of rotatable bonds is 8. The van der Waals surface area contributed by atoms with Crippen LogP contribution in [0.2, 0.25) is 0 Å². The van der Waals surface area contributed by atoms with Crippen molar-refractivity contribution in [2.45, 2.75) is 25.3 Å². The maximum Gasteiger partial charge on any atom is 0.151 e. The molecule has 0 bridgehead atoms. The number of ether oxygens (including phenoxy) is 1. The van der Waals surface area contributed by atoms with E-state index in [1.807, 2.05) is 0 Å². The number of hydrogen-bond acceptors (Lipinski definition) is 4. The van der Waals surface area contributed by atoms with Crippen molar-refractivity contribution in [3.05, 3.63) is 0 Å². The van der Waals surface area contributed by atoms with Gasteiger partial charge in [-0.1, -0.05) is 0 Å². The van der Waals surface area contributed by atoms with Gasteiger partial charge < -0.3 is 10.1 Å². The van der Waals surface area contributed by atoms with E-state index < -0.39 is 9.84 Å². The molecule has 1 aliphatic rings. The SMILES string of the molecule is COCCCS(=O)(=O)CCNC1CC1. The van der Waals surface area contributed by atoms with E-state index in [2.05, 4.69) is 5.32 Å². The van der Waals surface area contributed by atoms with E-state index in [-0.39, 0.29) is 11.5 Å². The summed E-state index contributed by atoms with van der Waals surface area (Å²) in [4.78, 5) is 0. The zero-order valence-electron chi connectivity index (χ0n) is 8.66. The molecule has 0 aromatic carbocycles. The molecule has 1 saturated carbocycles. The first-order valence-electron chi connectivity index (χ1n) is 5.07. The topological polar surface area (TPSA) is 55.4 Å².